The molecule has 22 heavy (non-hydrogen) atoms. The van der Waals surface area contributed by atoms with Crippen molar-refractivity contribution < 1.29 is 14.6 Å². The van der Waals surface area contributed by atoms with Gasteiger partial charge >= 0.3 is 0 Å². The minimum Gasteiger partial charge on any atom is -0.507 e. The molecular formula is C17H18N2O3. The Kier molecular flexibility index (Phi) is 5.54. The molecule has 1 amide bonds. The van der Waals surface area contributed by atoms with Crippen molar-refractivity contribution in [2.45, 2.75) is 13.3 Å². The lowest BCUT2D eigenvalue weighted by Crippen LogP contribution is -2.24. The van der Waals surface area contributed by atoms with Gasteiger partial charge in [0.05, 0.1) is 6.21 Å². The topological polar surface area (TPSA) is 70.9 Å². The number of hydrazone groups is 1. The van der Waals surface area contributed by atoms with Crippen LogP contribution in [0, 0.1) is 0 Å². The summed E-state index contributed by atoms with van der Waals surface area (Å²) in [5.41, 5.74) is 3.94. The quantitative estimate of drug-likeness (QED) is 0.636. The molecule has 2 rings (SSSR count). The number of nitrogens with one attached hydrogen (secondary N) is 1. The maximum Gasteiger partial charge on any atom is 0.277 e. The number of rotatable bonds is 6. The average Bonchev–Trinajstić information content (AvgIpc) is 2.55. The first kappa shape index (κ1) is 15.6. The highest BCUT2D eigenvalue weighted by atomic mass is 16.5. The van der Waals surface area contributed by atoms with Gasteiger partial charge in [-0.25, -0.2) is 5.43 Å². The standard InChI is InChI=1S/C17H18N2O3/c1-2-13-7-4-6-10-16(13)22-12-17(21)19-18-11-14-8-3-5-9-15(14)20/h3-11,20H,2,12H2,1H3,(H,19,21)/b18-11+. The van der Waals surface area contributed by atoms with Gasteiger partial charge in [-0.1, -0.05) is 37.3 Å². The number of carbonyl (C=O) groups excluding carboxylic acids is 1. The summed E-state index contributed by atoms with van der Waals surface area (Å²) >= 11 is 0. The van der Waals surface area contributed by atoms with Gasteiger partial charge in [-0.15, -0.1) is 0 Å². The van der Waals surface area contributed by atoms with Crippen molar-refractivity contribution in [3.05, 3.63) is 59.7 Å². The predicted molar refractivity (Wildman–Crippen MR) is 85.2 cm³/mol. The minimum absolute atomic E-state index is 0.105. The molecule has 5 nitrogen and oxygen atoms in total. The molecule has 0 aliphatic heterocycles. The highest BCUT2D eigenvalue weighted by Crippen LogP contribution is 2.18. The lowest BCUT2D eigenvalue weighted by atomic mass is 10.1. The monoisotopic (exact) mass is 298 g/mol. The lowest BCUT2D eigenvalue weighted by Gasteiger charge is -2.09. The van der Waals surface area contributed by atoms with Crippen molar-refractivity contribution in [2.75, 3.05) is 6.61 Å². The number of nitrogens with zero attached hydrogens (tertiary/aromatic N) is 1. The first-order valence-electron chi connectivity index (χ1n) is 7.01. The largest absolute Gasteiger partial charge is 0.507 e. The molecule has 0 unspecified atom stereocenters. The summed E-state index contributed by atoms with van der Waals surface area (Å²) in [4.78, 5) is 11.7. The highest BCUT2D eigenvalue weighted by molar-refractivity contribution is 5.85. The number of phenolic OH excluding ortho intramolecular Hbond substituents is 1. The zero-order chi connectivity index (χ0) is 15.8. The Hall–Kier alpha value is -2.82. The van der Waals surface area contributed by atoms with E-state index in [0.717, 1.165) is 12.0 Å². The molecule has 5 heteroatoms. The highest BCUT2D eigenvalue weighted by Gasteiger charge is 2.04. The molecule has 0 heterocycles. The summed E-state index contributed by atoms with van der Waals surface area (Å²) in [6, 6.07) is 14.3. The van der Waals surface area contributed by atoms with Crippen LogP contribution in [0.4, 0.5) is 0 Å². The second-order valence-corrected chi connectivity index (χ2v) is 4.60. The molecule has 0 aromatic heterocycles. The summed E-state index contributed by atoms with van der Waals surface area (Å²) in [5, 5.41) is 13.3. The van der Waals surface area contributed by atoms with Crippen LogP contribution in [0.5, 0.6) is 11.5 Å². The zero-order valence-electron chi connectivity index (χ0n) is 12.3. The third-order valence-electron chi connectivity index (χ3n) is 3.04. The number of carbonyl (C=O) groups is 1. The summed E-state index contributed by atoms with van der Waals surface area (Å²) in [7, 11) is 0. The summed E-state index contributed by atoms with van der Waals surface area (Å²) in [5.74, 6) is 0.441. The number of para-hydroxylation sites is 2. The zero-order valence-corrected chi connectivity index (χ0v) is 12.3. The average molecular weight is 298 g/mol. The Balaban J connectivity index is 1.85. The van der Waals surface area contributed by atoms with E-state index >= 15 is 0 Å². The van der Waals surface area contributed by atoms with Gasteiger partial charge in [-0.05, 0) is 30.2 Å². The summed E-state index contributed by atoms with van der Waals surface area (Å²) < 4.78 is 5.48. The summed E-state index contributed by atoms with van der Waals surface area (Å²) in [6.07, 6.45) is 2.22. The Morgan fingerprint density at radius 2 is 1.95 bits per heavy atom. The number of aromatic hydroxyl groups is 1. The number of phenols is 1. The molecular weight excluding hydrogens is 280 g/mol. The Morgan fingerprint density at radius 3 is 2.73 bits per heavy atom. The van der Waals surface area contributed by atoms with Gasteiger partial charge in [-0.2, -0.15) is 5.10 Å². The van der Waals surface area contributed by atoms with E-state index in [1.807, 2.05) is 31.2 Å². The SMILES string of the molecule is CCc1ccccc1OCC(=O)N/N=C/c1ccccc1O. The first-order chi connectivity index (χ1) is 10.7. The van der Waals surface area contributed by atoms with E-state index in [1.54, 1.807) is 24.3 Å². The fraction of sp³-hybridized carbons (Fsp3) is 0.176. The lowest BCUT2D eigenvalue weighted by molar-refractivity contribution is -0.123. The van der Waals surface area contributed by atoms with E-state index in [-0.39, 0.29) is 18.3 Å². The Bertz CT molecular complexity index is 668. The van der Waals surface area contributed by atoms with Crippen LogP contribution in [0.2, 0.25) is 0 Å². The van der Waals surface area contributed by atoms with Crippen LogP contribution < -0.4 is 10.2 Å². The van der Waals surface area contributed by atoms with Gasteiger partial charge in [0.15, 0.2) is 6.61 Å². The molecule has 0 saturated carbocycles. The van der Waals surface area contributed by atoms with Crippen molar-refractivity contribution >= 4 is 12.1 Å². The van der Waals surface area contributed by atoms with Gasteiger partial charge in [0, 0.05) is 5.56 Å². The van der Waals surface area contributed by atoms with E-state index in [2.05, 4.69) is 10.5 Å². The Morgan fingerprint density at radius 1 is 1.23 bits per heavy atom. The smallest absolute Gasteiger partial charge is 0.277 e. The third kappa shape index (κ3) is 4.34. The van der Waals surface area contributed by atoms with Crippen molar-refractivity contribution in [3.63, 3.8) is 0 Å². The van der Waals surface area contributed by atoms with Crippen LogP contribution in [0.1, 0.15) is 18.1 Å². The maximum absolute atomic E-state index is 11.7. The van der Waals surface area contributed by atoms with Crippen LogP contribution in [-0.4, -0.2) is 23.8 Å². The first-order valence-corrected chi connectivity index (χ1v) is 7.01. The number of amides is 1. The second-order valence-electron chi connectivity index (χ2n) is 4.60. The maximum atomic E-state index is 11.7. The van der Waals surface area contributed by atoms with Crippen molar-refractivity contribution in [1.29, 1.82) is 0 Å². The van der Waals surface area contributed by atoms with E-state index in [0.29, 0.717) is 11.3 Å². The van der Waals surface area contributed by atoms with Crippen molar-refractivity contribution in [2.24, 2.45) is 5.10 Å². The summed E-state index contributed by atoms with van der Waals surface area (Å²) in [6.45, 7) is 1.91. The Labute approximate surface area is 129 Å². The van der Waals surface area contributed by atoms with Crippen LogP contribution in [0.25, 0.3) is 0 Å². The van der Waals surface area contributed by atoms with Gasteiger partial charge < -0.3 is 9.84 Å². The third-order valence-corrected chi connectivity index (χ3v) is 3.04. The molecule has 2 aromatic rings. The molecule has 2 aromatic carbocycles. The number of aryl methyl sites for hydroxylation is 1. The van der Waals surface area contributed by atoms with E-state index in [9.17, 15) is 9.90 Å². The van der Waals surface area contributed by atoms with Gasteiger partial charge in [-0.3, -0.25) is 4.79 Å². The van der Waals surface area contributed by atoms with Crippen molar-refractivity contribution in [3.8, 4) is 11.5 Å². The molecule has 0 aliphatic carbocycles. The molecule has 2 N–H and O–H groups in total. The molecule has 0 saturated heterocycles. The van der Waals surface area contributed by atoms with E-state index in [1.165, 1.54) is 6.21 Å². The van der Waals surface area contributed by atoms with Gasteiger partial charge in [0.2, 0.25) is 0 Å². The normalized spacial score (nSPS) is 10.6. The number of hydrogen-bond donors (Lipinski definition) is 2. The molecule has 0 aliphatic rings. The van der Waals surface area contributed by atoms with E-state index < -0.39 is 0 Å². The second kappa shape index (κ2) is 7.83. The number of ether oxygens (including phenoxy) is 1. The minimum atomic E-state index is -0.363. The molecule has 0 radical (unpaired) electrons. The fourth-order valence-electron chi connectivity index (χ4n) is 1.88. The van der Waals surface area contributed by atoms with Gasteiger partial charge in [0.1, 0.15) is 11.5 Å². The number of benzene rings is 2. The van der Waals surface area contributed by atoms with Crippen LogP contribution >= 0.6 is 0 Å². The molecule has 0 spiro atoms. The van der Waals surface area contributed by atoms with E-state index in [4.69, 9.17) is 4.74 Å². The molecule has 0 atom stereocenters. The van der Waals surface area contributed by atoms with Crippen molar-refractivity contribution in [1.82, 2.24) is 5.43 Å². The molecule has 0 fully saturated rings. The fourth-order valence-corrected chi connectivity index (χ4v) is 1.88. The van der Waals surface area contributed by atoms with Gasteiger partial charge in [0.25, 0.3) is 5.91 Å². The number of hydrogen-bond acceptors (Lipinski definition) is 4. The van der Waals surface area contributed by atoms with Crippen LogP contribution in [0.15, 0.2) is 53.6 Å². The molecule has 114 valence electrons. The van der Waals surface area contributed by atoms with Crippen LogP contribution in [0.3, 0.4) is 0 Å². The predicted octanol–water partition coefficient (Wildman–Crippen LogP) is 2.48. The molecule has 0 bridgehead atoms. The van der Waals surface area contributed by atoms with Crippen LogP contribution in [-0.2, 0) is 11.2 Å².